The molecule has 2 aliphatic rings. The summed E-state index contributed by atoms with van der Waals surface area (Å²) in [5.41, 5.74) is 0.193. The number of carbonyl (C=O) groups is 5. The number of piperidine rings is 2. The Kier molecular flexibility index (Phi) is 13.3. The van der Waals surface area contributed by atoms with Gasteiger partial charge in [0.2, 0.25) is 11.8 Å². The SMILES string of the molecule is CCOC(=O)C[C@H](NC(=O)OC(C)(C)C)NC(=O)[C@@H]1CCCN(C(=O)CCC2CCN(C(=O)OCc3ccccc3)CC2)C1. The Morgan fingerprint density at radius 3 is 2.30 bits per heavy atom. The zero-order valence-corrected chi connectivity index (χ0v) is 26.5. The molecule has 3 rings (SSSR count). The standard InChI is InChI=1S/C32H48N4O8/c1-5-42-28(38)20-26(34-30(40)44-32(2,3)4)33-29(39)25-12-9-17-36(21-25)27(37)14-13-23-15-18-35(19-16-23)31(41)43-22-24-10-7-6-8-11-24/h6-8,10-11,23,25-26H,5,9,12-22H2,1-4H3,(H,33,39)(H,34,40)/t25-,26+/m1/s1. The van der Waals surface area contributed by atoms with Crippen molar-refractivity contribution in [3.63, 3.8) is 0 Å². The molecule has 12 heteroatoms. The van der Waals surface area contributed by atoms with Gasteiger partial charge in [-0.2, -0.15) is 0 Å². The van der Waals surface area contributed by atoms with E-state index >= 15 is 0 Å². The molecule has 2 N–H and O–H groups in total. The van der Waals surface area contributed by atoms with Gasteiger partial charge in [-0.3, -0.25) is 14.4 Å². The van der Waals surface area contributed by atoms with Gasteiger partial charge in [0.15, 0.2) is 0 Å². The van der Waals surface area contributed by atoms with Gasteiger partial charge < -0.3 is 34.6 Å². The van der Waals surface area contributed by atoms with Crippen LogP contribution in [0.5, 0.6) is 0 Å². The van der Waals surface area contributed by atoms with Crippen molar-refractivity contribution in [3.8, 4) is 0 Å². The van der Waals surface area contributed by atoms with Crippen LogP contribution in [0.1, 0.15) is 78.2 Å². The highest BCUT2D eigenvalue weighted by atomic mass is 16.6. The Labute approximate surface area is 260 Å². The fourth-order valence-electron chi connectivity index (χ4n) is 5.38. The summed E-state index contributed by atoms with van der Waals surface area (Å²) in [6.07, 6.45) is 1.65. The number of ether oxygens (including phenoxy) is 3. The molecule has 2 atom stereocenters. The largest absolute Gasteiger partial charge is 0.466 e. The molecule has 0 saturated carbocycles. The Balaban J connectivity index is 1.42. The van der Waals surface area contributed by atoms with Gasteiger partial charge in [-0.05, 0) is 71.3 Å². The van der Waals surface area contributed by atoms with Crippen molar-refractivity contribution in [1.29, 1.82) is 0 Å². The number of nitrogens with zero attached hydrogens (tertiary/aromatic N) is 2. The highest BCUT2D eigenvalue weighted by Crippen LogP contribution is 2.24. The van der Waals surface area contributed by atoms with Gasteiger partial charge in [0.1, 0.15) is 18.4 Å². The summed E-state index contributed by atoms with van der Waals surface area (Å²) in [5, 5.41) is 5.28. The van der Waals surface area contributed by atoms with E-state index in [2.05, 4.69) is 10.6 Å². The fraction of sp³-hybridized carbons (Fsp3) is 0.656. The number of hydrogen-bond donors (Lipinski definition) is 2. The molecule has 2 fully saturated rings. The number of rotatable bonds is 11. The first kappa shape index (κ1) is 34.7. The van der Waals surface area contributed by atoms with E-state index in [4.69, 9.17) is 14.2 Å². The number of likely N-dealkylation sites (tertiary alicyclic amines) is 2. The van der Waals surface area contributed by atoms with Crippen LogP contribution in [0.25, 0.3) is 0 Å². The maximum absolute atomic E-state index is 13.2. The van der Waals surface area contributed by atoms with Crippen LogP contribution >= 0.6 is 0 Å². The fourth-order valence-corrected chi connectivity index (χ4v) is 5.38. The van der Waals surface area contributed by atoms with E-state index in [-0.39, 0.29) is 44.1 Å². The monoisotopic (exact) mass is 616 g/mol. The van der Waals surface area contributed by atoms with E-state index in [9.17, 15) is 24.0 Å². The number of carbonyl (C=O) groups excluding carboxylic acids is 5. The summed E-state index contributed by atoms with van der Waals surface area (Å²) in [7, 11) is 0. The zero-order chi connectivity index (χ0) is 32.1. The molecule has 4 amide bonds. The number of nitrogens with one attached hydrogen (secondary N) is 2. The molecule has 1 aromatic rings. The number of benzene rings is 1. The topological polar surface area (TPSA) is 144 Å². The van der Waals surface area contributed by atoms with Gasteiger partial charge >= 0.3 is 18.2 Å². The Morgan fingerprint density at radius 1 is 0.932 bits per heavy atom. The lowest BCUT2D eigenvalue weighted by Crippen LogP contribution is -2.54. The molecule has 244 valence electrons. The first-order valence-corrected chi connectivity index (χ1v) is 15.6. The minimum absolute atomic E-state index is 0.00199. The van der Waals surface area contributed by atoms with Crippen LogP contribution in [-0.2, 0) is 35.2 Å². The van der Waals surface area contributed by atoms with Crippen LogP contribution < -0.4 is 10.6 Å². The highest BCUT2D eigenvalue weighted by Gasteiger charge is 2.32. The Bertz CT molecular complexity index is 1120. The van der Waals surface area contributed by atoms with Crippen LogP contribution in [0.3, 0.4) is 0 Å². The Morgan fingerprint density at radius 2 is 1.64 bits per heavy atom. The zero-order valence-electron chi connectivity index (χ0n) is 26.5. The van der Waals surface area contributed by atoms with Crippen molar-refractivity contribution < 1.29 is 38.2 Å². The molecule has 44 heavy (non-hydrogen) atoms. The van der Waals surface area contributed by atoms with Crippen molar-refractivity contribution >= 4 is 30.0 Å². The van der Waals surface area contributed by atoms with Crippen LogP contribution in [0.4, 0.5) is 9.59 Å². The van der Waals surface area contributed by atoms with E-state index < -0.39 is 29.7 Å². The van der Waals surface area contributed by atoms with Gasteiger partial charge in [0.05, 0.1) is 18.9 Å². The van der Waals surface area contributed by atoms with Crippen molar-refractivity contribution in [2.45, 2.75) is 91.0 Å². The molecule has 0 aliphatic carbocycles. The second-order valence-electron chi connectivity index (χ2n) is 12.4. The van der Waals surface area contributed by atoms with Gasteiger partial charge in [-0.1, -0.05) is 30.3 Å². The van der Waals surface area contributed by atoms with Crippen molar-refractivity contribution in [3.05, 3.63) is 35.9 Å². The maximum Gasteiger partial charge on any atom is 0.410 e. The summed E-state index contributed by atoms with van der Waals surface area (Å²) in [6.45, 7) is 9.29. The third kappa shape index (κ3) is 12.0. The summed E-state index contributed by atoms with van der Waals surface area (Å²) < 4.78 is 15.7. The van der Waals surface area contributed by atoms with E-state index in [1.54, 1.807) is 37.5 Å². The lowest BCUT2D eigenvalue weighted by molar-refractivity contribution is -0.144. The molecule has 0 unspecified atom stereocenters. The third-order valence-corrected chi connectivity index (χ3v) is 7.67. The smallest absolute Gasteiger partial charge is 0.410 e. The summed E-state index contributed by atoms with van der Waals surface area (Å²) in [4.78, 5) is 66.6. The van der Waals surface area contributed by atoms with E-state index in [1.807, 2.05) is 30.3 Å². The maximum atomic E-state index is 13.2. The van der Waals surface area contributed by atoms with E-state index in [1.165, 1.54) is 0 Å². The molecule has 12 nitrogen and oxygen atoms in total. The normalized spacial score (nSPS) is 18.1. The van der Waals surface area contributed by atoms with Crippen molar-refractivity contribution in [2.75, 3.05) is 32.8 Å². The van der Waals surface area contributed by atoms with Gasteiger partial charge in [-0.15, -0.1) is 0 Å². The molecule has 0 bridgehead atoms. The van der Waals surface area contributed by atoms with Gasteiger partial charge in [0.25, 0.3) is 0 Å². The molecule has 2 aliphatic heterocycles. The molecule has 2 saturated heterocycles. The number of esters is 1. The molecular formula is C32H48N4O8. The lowest BCUT2D eigenvalue weighted by atomic mass is 9.91. The average molecular weight is 617 g/mol. The number of alkyl carbamates (subject to hydrolysis) is 1. The van der Waals surface area contributed by atoms with Crippen molar-refractivity contribution in [2.24, 2.45) is 11.8 Å². The second kappa shape index (κ2) is 16.9. The van der Waals surface area contributed by atoms with Crippen LogP contribution in [0, 0.1) is 11.8 Å². The molecular weight excluding hydrogens is 568 g/mol. The quantitative estimate of drug-likeness (QED) is 0.216. The van der Waals surface area contributed by atoms with E-state index in [0.29, 0.717) is 44.8 Å². The third-order valence-electron chi connectivity index (χ3n) is 7.67. The predicted molar refractivity (Wildman–Crippen MR) is 162 cm³/mol. The molecule has 0 aromatic heterocycles. The minimum Gasteiger partial charge on any atom is -0.466 e. The molecule has 2 heterocycles. The average Bonchev–Trinajstić information content (AvgIpc) is 2.98. The Hall–Kier alpha value is -3.83. The van der Waals surface area contributed by atoms with Crippen LogP contribution in [0.2, 0.25) is 0 Å². The van der Waals surface area contributed by atoms with E-state index in [0.717, 1.165) is 24.8 Å². The summed E-state index contributed by atoms with van der Waals surface area (Å²) in [5.74, 6) is -1.04. The number of amides is 4. The highest BCUT2D eigenvalue weighted by molar-refractivity contribution is 5.83. The molecule has 0 spiro atoms. The first-order valence-electron chi connectivity index (χ1n) is 15.6. The van der Waals surface area contributed by atoms with Gasteiger partial charge in [-0.25, -0.2) is 9.59 Å². The van der Waals surface area contributed by atoms with Gasteiger partial charge in [0, 0.05) is 32.6 Å². The number of hydrogen-bond acceptors (Lipinski definition) is 8. The van der Waals surface area contributed by atoms with Crippen LogP contribution in [-0.4, -0.2) is 84.3 Å². The lowest BCUT2D eigenvalue weighted by Gasteiger charge is -2.34. The predicted octanol–water partition coefficient (Wildman–Crippen LogP) is 3.97. The van der Waals surface area contributed by atoms with Crippen molar-refractivity contribution in [1.82, 2.24) is 20.4 Å². The summed E-state index contributed by atoms with van der Waals surface area (Å²) >= 11 is 0. The minimum atomic E-state index is -1.01. The van der Waals surface area contributed by atoms with Crippen LogP contribution in [0.15, 0.2) is 30.3 Å². The molecule has 0 radical (unpaired) electrons. The summed E-state index contributed by atoms with van der Waals surface area (Å²) in [6, 6.07) is 9.57. The first-order chi connectivity index (χ1) is 20.9. The molecule has 1 aromatic carbocycles. The second-order valence-corrected chi connectivity index (χ2v) is 12.4.